The Morgan fingerprint density at radius 3 is 2.41 bits per heavy atom. The summed E-state index contributed by atoms with van der Waals surface area (Å²) in [7, 11) is 0.0911. The fourth-order valence-corrected chi connectivity index (χ4v) is 3.82. The second-order valence-corrected chi connectivity index (χ2v) is 8.74. The van der Waals surface area contributed by atoms with Gasteiger partial charge in [-0.2, -0.15) is 0 Å². The van der Waals surface area contributed by atoms with Crippen LogP contribution < -0.4 is 20.1 Å². The molecule has 158 valence electrons. The molecule has 2 aromatic rings. The summed E-state index contributed by atoms with van der Waals surface area (Å²) in [4.78, 5) is 4.57. The molecule has 2 N–H and O–H groups in total. The number of sulfone groups is 1. The molecule has 0 saturated heterocycles. The van der Waals surface area contributed by atoms with E-state index >= 15 is 0 Å². The molecular formula is C21H29N3O4S. The molecule has 0 heterocycles. The first-order valence-corrected chi connectivity index (χ1v) is 11.2. The molecule has 2 aromatic carbocycles. The Hall–Kier alpha value is -2.74. The first-order chi connectivity index (χ1) is 13.7. The van der Waals surface area contributed by atoms with Crippen molar-refractivity contribution >= 4 is 15.8 Å². The summed E-state index contributed by atoms with van der Waals surface area (Å²) < 4.78 is 34.7. The lowest BCUT2D eigenvalue weighted by Gasteiger charge is -2.19. The number of ether oxygens (including phenoxy) is 2. The molecule has 7 nitrogen and oxygen atoms in total. The van der Waals surface area contributed by atoms with E-state index in [1.165, 1.54) is 6.26 Å². The third kappa shape index (κ3) is 6.67. The molecule has 0 amide bonds. The first kappa shape index (κ1) is 22.5. The van der Waals surface area contributed by atoms with Gasteiger partial charge in [0.05, 0.1) is 18.6 Å². The van der Waals surface area contributed by atoms with Crippen molar-refractivity contribution in [3.8, 4) is 11.5 Å². The van der Waals surface area contributed by atoms with E-state index in [1.807, 2.05) is 37.3 Å². The highest BCUT2D eigenvalue weighted by Crippen LogP contribution is 2.26. The number of methoxy groups -OCH3 is 1. The van der Waals surface area contributed by atoms with Crippen molar-refractivity contribution in [3.63, 3.8) is 0 Å². The van der Waals surface area contributed by atoms with Gasteiger partial charge in [-0.15, -0.1) is 0 Å². The number of para-hydroxylation sites is 2. The maximum Gasteiger partial charge on any atom is 0.191 e. The van der Waals surface area contributed by atoms with Crippen molar-refractivity contribution in [1.29, 1.82) is 0 Å². The van der Waals surface area contributed by atoms with E-state index in [1.54, 1.807) is 33.2 Å². The minimum absolute atomic E-state index is 0.110. The van der Waals surface area contributed by atoms with Gasteiger partial charge in [0.2, 0.25) is 0 Å². The molecule has 1 atom stereocenters. The van der Waals surface area contributed by atoms with E-state index in [9.17, 15) is 8.42 Å². The number of hydrogen-bond donors (Lipinski definition) is 2. The third-order valence-corrected chi connectivity index (χ3v) is 5.53. The molecule has 0 aliphatic heterocycles. The highest BCUT2D eigenvalue weighted by Gasteiger charge is 2.12. The van der Waals surface area contributed by atoms with Crippen molar-refractivity contribution in [2.75, 3.05) is 27.0 Å². The van der Waals surface area contributed by atoms with E-state index in [0.717, 1.165) is 11.1 Å². The second-order valence-electron chi connectivity index (χ2n) is 6.76. The average molecular weight is 420 g/mol. The van der Waals surface area contributed by atoms with E-state index < -0.39 is 9.84 Å². The highest BCUT2D eigenvalue weighted by atomic mass is 32.2. The summed E-state index contributed by atoms with van der Waals surface area (Å²) in [5.41, 5.74) is 1.70. The van der Waals surface area contributed by atoms with Gasteiger partial charge >= 0.3 is 0 Å². The van der Waals surface area contributed by atoms with Crippen LogP contribution in [0.15, 0.2) is 52.4 Å². The van der Waals surface area contributed by atoms with Crippen LogP contribution >= 0.6 is 0 Å². The number of rotatable bonds is 8. The molecular weight excluding hydrogens is 390 g/mol. The summed E-state index contributed by atoms with van der Waals surface area (Å²) in [5.74, 6) is 2.01. The maximum absolute atomic E-state index is 11.7. The zero-order valence-electron chi connectivity index (χ0n) is 17.5. The van der Waals surface area contributed by atoms with Crippen molar-refractivity contribution in [2.24, 2.45) is 4.99 Å². The molecule has 0 aromatic heterocycles. The highest BCUT2D eigenvalue weighted by molar-refractivity contribution is 7.90. The van der Waals surface area contributed by atoms with Crippen LogP contribution in [0.4, 0.5) is 0 Å². The molecule has 29 heavy (non-hydrogen) atoms. The number of guanidine groups is 1. The van der Waals surface area contributed by atoms with Crippen LogP contribution in [0.3, 0.4) is 0 Å². The van der Waals surface area contributed by atoms with Crippen LogP contribution in [-0.2, 0) is 16.4 Å². The number of benzene rings is 2. The smallest absolute Gasteiger partial charge is 0.191 e. The SMILES string of the molecule is CN=C(NCc1ccc(S(C)(=O)=O)c(C)c1)NCC(C)Oc1ccccc1OC. The molecule has 0 aliphatic carbocycles. The van der Waals surface area contributed by atoms with Gasteiger partial charge < -0.3 is 20.1 Å². The molecule has 2 rings (SSSR count). The zero-order chi connectivity index (χ0) is 21.4. The van der Waals surface area contributed by atoms with Crippen LogP contribution in [0, 0.1) is 6.92 Å². The number of nitrogens with one attached hydrogen (secondary N) is 2. The predicted octanol–water partition coefficient (Wildman–Crippen LogP) is 2.54. The molecule has 0 spiro atoms. The standard InChI is InChI=1S/C21H29N3O4S/c1-15-12-17(10-11-20(15)29(5,25)26)14-24-21(22-3)23-13-16(2)28-19-9-7-6-8-18(19)27-4/h6-12,16H,13-14H2,1-5H3,(H2,22,23,24). The van der Waals surface area contributed by atoms with Gasteiger partial charge in [0.15, 0.2) is 27.3 Å². The first-order valence-electron chi connectivity index (χ1n) is 9.28. The third-order valence-electron chi connectivity index (χ3n) is 4.28. The molecule has 0 saturated carbocycles. The normalized spacial score (nSPS) is 12.9. The molecule has 8 heteroatoms. The van der Waals surface area contributed by atoms with E-state index in [2.05, 4.69) is 15.6 Å². The molecule has 0 fully saturated rings. The number of nitrogens with zero attached hydrogens (tertiary/aromatic N) is 1. The summed E-state index contributed by atoms with van der Waals surface area (Å²) in [5, 5.41) is 6.45. The quantitative estimate of drug-likeness (QED) is 0.505. The van der Waals surface area contributed by atoms with Gasteiger partial charge in [0.1, 0.15) is 6.10 Å². The van der Waals surface area contributed by atoms with E-state index in [-0.39, 0.29) is 6.10 Å². The monoisotopic (exact) mass is 419 g/mol. The number of hydrogen-bond acceptors (Lipinski definition) is 5. The van der Waals surface area contributed by atoms with Gasteiger partial charge in [-0.3, -0.25) is 4.99 Å². The van der Waals surface area contributed by atoms with Crippen LogP contribution in [0.5, 0.6) is 11.5 Å². The van der Waals surface area contributed by atoms with Gasteiger partial charge in [0, 0.05) is 19.8 Å². The summed E-state index contributed by atoms with van der Waals surface area (Å²) >= 11 is 0. The van der Waals surface area contributed by atoms with Gasteiger partial charge in [-0.05, 0) is 43.2 Å². The van der Waals surface area contributed by atoms with Crippen molar-refractivity contribution in [3.05, 3.63) is 53.6 Å². The average Bonchev–Trinajstić information content (AvgIpc) is 2.67. The Balaban J connectivity index is 1.89. The summed E-state index contributed by atoms with van der Waals surface area (Å²) in [6.45, 7) is 4.82. The topological polar surface area (TPSA) is 89.0 Å². The lowest BCUT2D eigenvalue weighted by molar-refractivity contribution is 0.213. The van der Waals surface area contributed by atoms with Crippen molar-refractivity contribution < 1.29 is 17.9 Å². The second kappa shape index (κ2) is 10.2. The predicted molar refractivity (Wildman–Crippen MR) is 116 cm³/mol. The Labute approximate surface area is 173 Å². The van der Waals surface area contributed by atoms with Gasteiger partial charge in [-0.25, -0.2) is 8.42 Å². The number of aliphatic imine (C=N–C) groups is 1. The summed E-state index contributed by atoms with van der Waals surface area (Å²) in [6, 6.07) is 12.8. The fourth-order valence-electron chi connectivity index (χ4n) is 2.86. The molecule has 1 unspecified atom stereocenters. The van der Waals surface area contributed by atoms with Crippen molar-refractivity contribution in [2.45, 2.75) is 31.4 Å². The zero-order valence-corrected chi connectivity index (χ0v) is 18.3. The van der Waals surface area contributed by atoms with Crippen molar-refractivity contribution in [1.82, 2.24) is 10.6 Å². The van der Waals surface area contributed by atoms with E-state index in [0.29, 0.717) is 35.4 Å². The van der Waals surface area contributed by atoms with Gasteiger partial charge in [0.25, 0.3) is 0 Å². The van der Waals surface area contributed by atoms with E-state index in [4.69, 9.17) is 9.47 Å². The van der Waals surface area contributed by atoms with Crippen LogP contribution in [0.2, 0.25) is 0 Å². The van der Waals surface area contributed by atoms with Crippen LogP contribution in [-0.4, -0.2) is 47.4 Å². The Bertz CT molecular complexity index is 958. The van der Waals surface area contributed by atoms with Gasteiger partial charge in [-0.1, -0.05) is 24.3 Å². The minimum Gasteiger partial charge on any atom is -0.493 e. The largest absolute Gasteiger partial charge is 0.493 e. The Morgan fingerprint density at radius 1 is 1.14 bits per heavy atom. The minimum atomic E-state index is -3.21. The molecule has 0 bridgehead atoms. The van der Waals surface area contributed by atoms with Crippen LogP contribution in [0.1, 0.15) is 18.1 Å². The molecule has 0 aliphatic rings. The number of aryl methyl sites for hydroxylation is 1. The molecule has 0 radical (unpaired) electrons. The Kier molecular flexibility index (Phi) is 7.90. The Morgan fingerprint density at radius 2 is 1.83 bits per heavy atom. The maximum atomic E-state index is 11.7. The fraction of sp³-hybridized carbons (Fsp3) is 0.381. The summed E-state index contributed by atoms with van der Waals surface area (Å²) in [6.07, 6.45) is 1.11. The lowest BCUT2D eigenvalue weighted by atomic mass is 10.1. The van der Waals surface area contributed by atoms with Crippen LogP contribution in [0.25, 0.3) is 0 Å². The lowest BCUT2D eigenvalue weighted by Crippen LogP contribution is -2.41.